The smallest absolute Gasteiger partial charge is 0.0483 e. The number of nitrogens with zero attached hydrogens (tertiary/aromatic N) is 1. The summed E-state index contributed by atoms with van der Waals surface area (Å²) in [6, 6.07) is 8.86. The topological polar surface area (TPSA) is 17.0 Å². The molecule has 21 heavy (non-hydrogen) atoms. The summed E-state index contributed by atoms with van der Waals surface area (Å²) < 4.78 is 2.45. The predicted molar refractivity (Wildman–Crippen MR) is 92.9 cm³/mol. The van der Waals surface area contributed by atoms with Crippen molar-refractivity contribution in [2.24, 2.45) is 0 Å². The molecule has 0 spiro atoms. The van der Waals surface area contributed by atoms with Gasteiger partial charge in [0.1, 0.15) is 0 Å². The Morgan fingerprint density at radius 3 is 2.62 bits per heavy atom. The molecule has 2 heteroatoms. The largest absolute Gasteiger partial charge is 0.347 e. The predicted octanol–water partition coefficient (Wildman–Crippen LogP) is 4.76. The lowest BCUT2D eigenvalue weighted by Crippen LogP contribution is -2.15. The molecule has 0 saturated carbocycles. The zero-order chi connectivity index (χ0) is 14.9. The van der Waals surface area contributed by atoms with Crippen LogP contribution in [0.5, 0.6) is 0 Å². The zero-order valence-electron chi connectivity index (χ0n) is 13.7. The Balaban J connectivity index is 1.95. The van der Waals surface area contributed by atoms with Gasteiger partial charge in [0.25, 0.3) is 0 Å². The maximum Gasteiger partial charge on any atom is 0.0483 e. The molecule has 0 aliphatic rings. The van der Waals surface area contributed by atoms with E-state index in [4.69, 9.17) is 0 Å². The van der Waals surface area contributed by atoms with Gasteiger partial charge in [0, 0.05) is 23.6 Å². The first-order valence-electron chi connectivity index (χ1n) is 8.64. The van der Waals surface area contributed by atoms with Crippen molar-refractivity contribution in [1.29, 1.82) is 0 Å². The minimum atomic E-state index is 1.15. The number of para-hydroxylation sites is 1. The highest BCUT2D eigenvalue weighted by molar-refractivity contribution is 5.83. The Bertz CT molecular complexity index is 527. The van der Waals surface area contributed by atoms with Crippen LogP contribution in [0, 0.1) is 0 Å². The number of rotatable bonds is 10. The van der Waals surface area contributed by atoms with Gasteiger partial charge in [0.15, 0.2) is 0 Å². The first-order valence-corrected chi connectivity index (χ1v) is 8.64. The summed E-state index contributed by atoms with van der Waals surface area (Å²) in [4.78, 5) is 0. The third-order valence-corrected chi connectivity index (χ3v) is 4.10. The first kappa shape index (κ1) is 16.1. The summed E-state index contributed by atoms with van der Waals surface area (Å²) in [5.74, 6) is 0. The second-order valence-electron chi connectivity index (χ2n) is 5.93. The lowest BCUT2D eigenvalue weighted by molar-refractivity contribution is 0.615. The molecule has 1 heterocycles. The van der Waals surface area contributed by atoms with Crippen LogP contribution >= 0.6 is 0 Å². The molecular formula is C19H30N2. The van der Waals surface area contributed by atoms with Crippen LogP contribution in [0.1, 0.15) is 51.5 Å². The first-order chi connectivity index (χ1) is 10.4. The summed E-state index contributed by atoms with van der Waals surface area (Å²) in [5, 5.41) is 4.94. The minimum Gasteiger partial charge on any atom is -0.347 e. The third kappa shape index (κ3) is 4.60. The van der Waals surface area contributed by atoms with E-state index in [-0.39, 0.29) is 0 Å². The van der Waals surface area contributed by atoms with Crippen LogP contribution in [0.25, 0.3) is 10.9 Å². The highest BCUT2D eigenvalue weighted by atomic mass is 15.0. The van der Waals surface area contributed by atoms with Gasteiger partial charge >= 0.3 is 0 Å². The summed E-state index contributed by atoms with van der Waals surface area (Å²) in [6.45, 7) is 7.93. The molecule has 0 saturated heterocycles. The van der Waals surface area contributed by atoms with Gasteiger partial charge in [-0.3, -0.25) is 0 Å². The van der Waals surface area contributed by atoms with E-state index in [1.807, 2.05) is 0 Å². The monoisotopic (exact) mass is 286 g/mol. The average molecular weight is 286 g/mol. The Kier molecular flexibility index (Phi) is 6.81. The van der Waals surface area contributed by atoms with Crippen LogP contribution in [0.15, 0.2) is 30.5 Å². The standard InChI is InChI=1S/C19H30N2/c1-3-5-15-21-16-17(10-8-9-14-20-13-4-2)18-11-6-7-12-19(18)21/h6-7,11-12,16,20H,3-5,8-10,13-15H2,1-2H3. The lowest BCUT2D eigenvalue weighted by atomic mass is 10.1. The number of aryl methyl sites for hydroxylation is 2. The summed E-state index contributed by atoms with van der Waals surface area (Å²) in [5.41, 5.74) is 2.93. The number of hydrogen-bond acceptors (Lipinski definition) is 1. The van der Waals surface area contributed by atoms with E-state index in [0.717, 1.165) is 19.6 Å². The minimum absolute atomic E-state index is 1.15. The van der Waals surface area contributed by atoms with Gasteiger partial charge in [-0.2, -0.15) is 0 Å². The maximum atomic E-state index is 3.49. The molecule has 0 radical (unpaired) electrons. The van der Waals surface area contributed by atoms with Gasteiger partial charge in [-0.15, -0.1) is 0 Å². The van der Waals surface area contributed by atoms with Crippen molar-refractivity contribution in [3.8, 4) is 0 Å². The molecule has 0 aliphatic carbocycles. The molecule has 0 amide bonds. The van der Waals surface area contributed by atoms with Gasteiger partial charge in [-0.25, -0.2) is 0 Å². The van der Waals surface area contributed by atoms with Crippen molar-refractivity contribution in [3.63, 3.8) is 0 Å². The highest BCUT2D eigenvalue weighted by Gasteiger charge is 2.07. The quantitative estimate of drug-likeness (QED) is 0.623. The lowest BCUT2D eigenvalue weighted by Gasteiger charge is -2.03. The van der Waals surface area contributed by atoms with E-state index in [0.29, 0.717) is 0 Å². The van der Waals surface area contributed by atoms with E-state index in [9.17, 15) is 0 Å². The number of fused-ring (bicyclic) bond motifs is 1. The van der Waals surface area contributed by atoms with Crippen LogP contribution < -0.4 is 5.32 Å². The van der Waals surface area contributed by atoms with E-state index in [2.05, 4.69) is 54.2 Å². The van der Waals surface area contributed by atoms with E-state index in [1.165, 1.54) is 55.0 Å². The van der Waals surface area contributed by atoms with Gasteiger partial charge < -0.3 is 9.88 Å². The van der Waals surface area contributed by atoms with Crippen molar-refractivity contribution < 1.29 is 0 Å². The van der Waals surface area contributed by atoms with Crippen LogP contribution in [0.4, 0.5) is 0 Å². The SMILES string of the molecule is CCCCn1cc(CCCCNCCC)c2ccccc21. The molecule has 0 bridgehead atoms. The van der Waals surface area contributed by atoms with Gasteiger partial charge in [-0.1, -0.05) is 38.5 Å². The number of hydrogen-bond donors (Lipinski definition) is 1. The second-order valence-corrected chi connectivity index (χ2v) is 5.93. The molecule has 0 fully saturated rings. The van der Waals surface area contributed by atoms with Crippen LogP contribution in [0.2, 0.25) is 0 Å². The van der Waals surface area contributed by atoms with Gasteiger partial charge in [0.05, 0.1) is 0 Å². The Morgan fingerprint density at radius 2 is 1.81 bits per heavy atom. The van der Waals surface area contributed by atoms with E-state index < -0.39 is 0 Å². The Hall–Kier alpha value is -1.28. The normalized spacial score (nSPS) is 11.3. The number of nitrogens with one attached hydrogen (secondary N) is 1. The molecule has 116 valence electrons. The molecule has 0 aliphatic heterocycles. The molecule has 0 atom stereocenters. The fourth-order valence-electron chi connectivity index (χ4n) is 2.90. The van der Waals surface area contributed by atoms with E-state index in [1.54, 1.807) is 0 Å². The van der Waals surface area contributed by atoms with Crippen molar-refractivity contribution in [2.75, 3.05) is 13.1 Å². The number of unbranched alkanes of at least 4 members (excludes halogenated alkanes) is 2. The molecular weight excluding hydrogens is 256 g/mol. The number of aromatic nitrogens is 1. The molecule has 1 aromatic carbocycles. The molecule has 2 aromatic rings. The molecule has 2 rings (SSSR count). The van der Waals surface area contributed by atoms with Crippen LogP contribution in [0.3, 0.4) is 0 Å². The maximum absolute atomic E-state index is 3.49. The fraction of sp³-hybridized carbons (Fsp3) is 0.579. The van der Waals surface area contributed by atoms with Crippen molar-refractivity contribution in [1.82, 2.24) is 9.88 Å². The molecule has 2 nitrogen and oxygen atoms in total. The number of benzene rings is 1. The summed E-state index contributed by atoms with van der Waals surface area (Å²) in [7, 11) is 0. The third-order valence-electron chi connectivity index (χ3n) is 4.10. The zero-order valence-corrected chi connectivity index (χ0v) is 13.7. The van der Waals surface area contributed by atoms with Gasteiger partial charge in [-0.05, 0) is 56.8 Å². The summed E-state index contributed by atoms with van der Waals surface area (Å²) >= 11 is 0. The molecule has 1 aromatic heterocycles. The molecule has 1 N–H and O–H groups in total. The fourth-order valence-corrected chi connectivity index (χ4v) is 2.90. The van der Waals surface area contributed by atoms with Crippen molar-refractivity contribution in [2.45, 2.75) is 58.9 Å². The van der Waals surface area contributed by atoms with Crippen molar-refractivity contribution >= 4 is 10.9 Å². The Labute approximate surface area is 129 Å². The average Bonchev–Trinajstić information content (AvgIpc) is 2.87. The van der Waals surface area contributed by atoms with Crippen LogP contribution in [-0.4, -0.2) is 17.7 Å². The second kappa shape index (κ2) is 8.89. The van der Waals surface area contributed by atoms with Gasteiger partial charge in [0.2, 0.25) is 0 Å². The summed E-state index contributed by atoms with van der Waals surface area (Å²) in [6.07, 6.45) is 9.88. The van der Waals surface area contributed by atoms with Crippen LogP contribution in [-0.2, 0) is 13.0 Å². The van der Waals surface area contributed by atoms with E-state index >= 15 is 0 Å². The molecule has 0 unspecified atom stereocenters. The Morgan fingerprint density at radius 1 is 0.952 bits per heavy atom. The van der Waals surface area contributed by atoms with Crippen molar-refractivity contribution in [3.05, 3.63) is 36.0 Å². The highest BCUT2D eigenvalue weighted by Crippen LogP contribution is 2.23.